The van der Waals surface area contributed by atoms with Gasteiger partial charge in [-0.3, -0.25) is 0 Å². The summed E-state index contributed by atoms with van der Waals surface area (Å²) in [6.45, 7) is 19.0. The molecule has 19 heavy (non-hydrogen) atoms. The van der Waals surface area contributed by atoms with Gasteiger partial charge >= 0.3 is 0 Å². The zero-order valence-electron chi connectivity index (χ0n) is 14.0. The van der Waals surface area contributed by atoms with E-state index in [-0.39, 0.29) is 5.54 Å². The largest absolute Gasteiger partial charge is 0.416 e. The van der Waals surface area contributed by atoms with Crippen LogP contribution in [0, 0.1) is 0 Å². The lowest BCUT2D eigenvalue weighted by Gasteiger charge is -2.36. The van der Waals surface area contributed by atoms with Gasteiger partial charge in [-0.15, -0.1) is 0 Å². The predicted octanol–water partition coefficient (Wildman–Crippen LogP) is 4.81. The highest BCUT2D eigenvalue weighted by Gasteiger charge is 2.36. The number of rotatable bonds is 4. The lowest BCUT2D eigenvalue weighted by molar-refractivity contribution is 0.291. The van der Waals surface area contributed by atoms with Crippen molar-refractivity contribution in [3.05, 3.63) is 24.0 Å². The molecular formula is C16H31NOSi. The SMILES string of the molecule is CC(C)(C)n1ccc(CCO[Si](C)(C)C(C)(C)C)c1. The van der Waals surface area contributed by atoms with Gasteiger partial charge in [0.15, 0.2) is 8.32 Å². The summed E-state index contributed by atoms with van der Waals surface area (Å²) in [6, 6.07) is 2.21. The summed E-state index contributed by atoms with van der Waals surface area (Å²) >= 11 is 0. The van der Waals surface area contributed by atoms with E-state index in [0.29, 0.717) is 5.04 Å². The second-order valence-electron chi connectivity index (χ2n) is 7.96. The molecule has 1 aromatic heterocycles. The van der Waals surface area contributed by atoms with E-state index in [0.717, 1.165) is 13.0 Å². The molecule has 0 aliphatic heterocycles. The van der Waals surface area contributed by atoms with E-state index in [1.807, 2.05) is 0 Å². The number of hydrogen-bond acceptors (Lipinski definition) is 1. The van der Waals surface area contributed by atoms with Crippen LogP contribution in [0.1, 0.15) is 47.1 Å². The minimum atomic E-state index is -1.60. The van der Waals surface area contributed by atoms with Crippen LogP contribution < -0.4 is 0 Å². The van der Waals surface area contributed by atoms with Gasteiger partial charge in [-0.1, -0.05) is 20.8 Å². The summed E-state index contributed by atoms with van der Waals surface area (Å²) in [7, 11) is -1.60. The molecule has 0 saturated heterocycles. The van der Waals surface area contributed by atoms with E-state index in [4.69, 9.17) is 4.43 Å². The van der Waals surface area contributed by atoms with Crippen molar-refractivity contribution < 1.29 is 4.43 Å². The fourth-order valence-electron chi connectivity index (χ4n) is 1.65. The molecule has 0 amide bonds. The van der Waals surface area contributed by atoms with Crippen molar-refractivity contribution in [2.75, 3.05) is 6.61 Å². The lowest BCUT2D eigenvalue weighted by Crippen LogP contribution is -2.41. The minimum Gasteiger partial charge on any atom is -0.416 e. The van der Waals surface area contributed by atoms with Gasteiger partial charge in [0.05, 0.1) is 0 Å². The Morgan fingerprint density at radius 3 is 2.11 bits per heavy atom. The van der Waals surface area contributed by atoms with Gasteiger partial charge in [0.2, 0.25) is 0 Å². The highest BCUT2D eigenvalue weighted by Crippen LogP contribution is 2.36. The zero-order chi connectivity index (χ0) is 14.9. The summed E-state index contributed by atoms with van der Waals surface area (Å²) in [4.78, 5) is 0. The maximum atomic E-state index is 6.22. The van der Waals surface area contributed by atoms with Crippen LogP contribution in [0.5, 0.6) is 0 Å². The van der Waals surface area contributed by atoms with Gasteiger partial charge in [0.25, 0.3) is 0 Å². The van der Waals surface area contributed by atoms with Crippen LogP contribution in [-0.2, 0) is 16.4 Å². The fourth-order valence-corrected chi connectivity index (χ4v) is 2.69. The summed E-state index contributed by atoms with van der Waals surface area (Å²) in [5.74, 6) is 0. The molecule has 0 aliphatic rings. The lowest BCUT2D eigenvalue weighted by atomic mass is 10.1. The molecule has 110 valence electrons. The Morgan fingerprint density at radius 1 is 1.11 bits per heavy atom. The van der Waals surface area contributed by atoms with Crippen LogP contribution in [-0.4, -0.2) is 19.5 Å². The van der Waals surface area contributed by atoms with Crippen LogP contribution in [0.15, 0.2) is 18.5 Å². The maximum absolute atomic E-state index is 6.22. The predicted molar refractivity (Wildman–Crippen MR) is 86.3 cm³/mol. The Hall–Kier alpha value is -0.543. The standard InChI is InChI=1S/C16H31NOSi/c1-15(2,3)17-11-9-14(13-17)10-12-18-19(7,8)16(4,5)6/h9,11,13H,10,12H2,1-8H3. The van der Waals surface area contributed by atoms with Crippen LogP contribution in [0.4, 0.5) is 0 Å². The van der Waals surface area contributed by atoms with Crippen molar-refractivity contribution >= 4 is 8.32 Å². The van der Waals surface area contributed by atoms with E-state index in [2.05, 4.69) is 77.7 Å². The van der Waals surface area contributed by atoms with Crippen molar-refractivity contribution in [2.45, 2.75) is 71.6 Å². The Morgan fingerprint density at radius 2 is 1.68 bits per heavy atom. The summed E-state index contributed by atoms with van der Waals surface area (Å²) < 4.78 is 8.49. The first-order chi connectivity index (χ1) is 8.43. The second kappa shape index (κ2) is 5.45. The molecule has 0 fully saturated rings. The van der Waals surface area contributed by atoms with E-state index in [1.54, 1.807) is 0 Å². The smallest absolute Gasteiger partial charge is 0.191 e. The monoisotopic (exact) mass is 281 g/mol. The molecule has 0 aliphatic carbocycles. The first-order valence-electron chi connectivity index (χ1n) is 7.25. The van der Waals surface area contributed by atoms with E-state index >= 15 is 0 Å². The number of hydrogen-bond donors (Lipinski definition) is 0. The molecule has 1 heterocycles. The first-order valence-corrected chi connectivity index (χ1v) is 10.2. The van der Waals surface area contributed by atoms with Crippen LogP contribution >= 0.6 is 0 Å². The third kappa shape index (κ3) is 4.50. The van der Waals surface area contributed by atoms with Crippen molar-refractivity contribution in [3.63, 3.8) is 0 Å². The first kappa shape index (κ1) is 16.5. The van der Waals surface area contributed by atoms with Crippen molar-refractivity contribution in [2.24, 2.45) is 0 Å². The van der Waals surface area contributed by atoms with Crippen molar-refractivity contribution in [1.82, 2.24) is 4.57 Å². The molecule has 2 nitrogen and oxygen atoms in total. The maximum Gasteiger partial charge on any atom is 0.191 e. The Labute approximate surface area is 120 Å². The fraction of sp³-hybridized carbons (Fsp3) is 0.750. The zero-order valence-corrected chi connectivity index (χ0v) is 15.0. The highest BCUT2D eigenvalue weighted by atomic mass is 28.4. The quantitative estimate of drug-likeness (QED) is 0.723. The average Bonchev–Trinajstić information content (AvgIpc) is 2.63. The van der Waals surface area contributed by atoms with E-state index < -0.39 is 8.32 Å². The average molecular weight is 282 g/mol. The molecule has 3 heteroatoms. The molecule has 0 saturated carbocycles. The Kier molecular flexibility index (Phi) is 4.73. The Bertz CT molecular complexity index is 407. The van der Waals surface area contributed by atoms with Gasteiger partial charge < -0.3 is 8.99 Å². The molecule has 0 unspecified atom stereocenters. The van der Waals surface area contributed by atoms with Gasteiger partial charge in [0.1, 0.15) is 0 Å². The Balaban J connectivity index is 2.53. The van der Waals surface area contributed by atoms with Crippen LogP contribution in [0.25, 0.3) is 0 Å². The molecular weight excluding hydrogens is 250 g/mol. The second-order valence-corrected chi connectivity index (χ2v) is 12.8. The molecule has 0 radical (unpaired) electrons. The number of aromatic nitrogens is 1. The summed E-state index contributed by atoms with van der Waals surface area (Å²) in [5.41, 5.74) is 1.53. The van der Waals surface area contributed by atoms with Crippen molar-refractivity contribution in [3.8, 4) is 0 Å². The topological polar surface area (TPSA) is 14.2 Å². The van der Waals surface area contributed by atoms with Gasteiger partial charge in [0, 0.05) is 24.5 Å². The van der Waals surface area contributed by atoms with Crippen molar-refractivity contribution in [1.29, 1.82) is 0 Å². The van der Waals surface area contributed by atoms with Gasteiger partial charge in [-0.05, 0) is 57.0 Å². The highest BCUT2D eigenvalue weighted by molar-refractivity contribution is 6.74. The molecule has 1 rings (SSSR count). The molecule has 0 atom stereocenters. The van der Waals surface area contributed by atoms with Crippen LogP contribution in [0.3, 0.4) is 0 Å². The van der Waals surface area contributed by atoms with E-state index in [9.17, 15) is 0 Å². The summed E-state index contributed by atoms with van der Waals surface area (Å²) in [6.07, 6.45) is 5.42. The van der Waals surface area contributed by atoms with Crippen LogP contribution in [0.2, 0.25) is 18.1 Å². The third-order valence-electron chi connectivity index (χ3n) is 4.19. The molecule has 0 N–H and O–H groups in total. The summed E-state index contributed by atoms with van der Waals surface area (Å²) in [5, 5.41) is 0.296. The molecule has 1 aromatic rings. The molecule has 0 spiro atoms. The molecule has 0 aromatic carbocycles. The number of nitrogens with zero attached hydrogens (tertiary/aromatic N) is 1. The third-order valence-corrected chi connectivity index (χ3v) is 8.73. The molecule has 0 bridgehead atoms. The van der Waals surface area contributed by atoms with Gasteiger partial charge in [-0.25, -0.2) is 0 Å². The van der Waals surface area contributed by atoms with Gasteiger partial charge in [-0.2, -0.15) is 0 Å². The van der Waals surface area contributed by atoms with E-state index in [1.165, 1.54) is 5.56 Å². The normalized spacial score (nSPS) is 13.9. The minimum absolute atomic E-state index is 0.165.